The topological polar surface area (TPSA) is 87.7 Å². The van der Waals surface area contributed by atoms with Crippen molar-refractivity contribution in [3.05, 3.63) is 65.4 Å². The molecule has 5 rings (SSSR count). The first-order valence-electron chi connectivity index (χ1n) is 12.2. The highest BCUT2D eigenvalue weighted by Crippen LogP contribution is 2.45. The van der Waals surface area contributed by atoms with E-state index < -0.39 is 0 Å². The molecule has 0 radical (unpaired) electrons. The van der Waals surface area contributed by atoms with Crippen LogP contribution in [0.2, 0.25) is 0 Å². The van der Waals surface area contributed by atoms with Gasteiger partial charge in [-0.1, -0.05) is 44.0 Å². The number of phenols is 1. The number of aromatic amines is 1. The highest BCUT2D eigenvalue weighted by Gasteiger charge is 2.43. The highest BCUT2D eigenvalue weighted by molar-refractivity contribution is 6.00. The van der Waals surface area contributed by atoms with E-state index in [0.717, 1.165) is 55.6 Å². The molecule has 3 heterocycles. The number of amides is 1. The van der Waals surface area contributed by atoms with Gasteiger partial charge < -0.3 is 19.5 Å². The van der Waals surface area contributed by atoms with Crippen LogP contribution < -0.4 is 4.74 Å². The van der Waals surface area contributed by atoms with Crippen molar-refractivity contribution in [2.24, 2.45) is 0 Å². The van der Waals surface area contributed by atoms with E-state index in [1.807, 2.05) is 41.3 Å². The lowest BCUT2D eigenvalue weighted by Crippen LogP contribution is -2.36. The zero-order valence-electron chi connectivity index (χ0n) is 19.5. The quantitative estimate of drug-likeness (QED) is 0.434. The minimum atomic E-state index is -0.348. The summed E-state index contributed by atoms with van der Waals surface area (Å²) in [5, 5.41) is 17.9. The molecule has 2 aromatic carbocycles. The van der Waals surface area contributed by atoms with Gasteiger partial charge in [0.1, 0.15) is 22.9 Å². The lowest BCUT2D eigenvalue weighted by Gasteiger charge is -2.28. The first-order chi connectivity index (χ1) is 16.7. The van der Waals surface area contributed by atoms with Crippen LogP contribution in [0.25, 0.3) is 11.3 Å². The second-order valence-corrected chi connectivity index (χ2v) is 9.00. The number of para-hydroxylation sites is 1. The van der Waals surface area contributed by atoms with Crippen molar-refractivity contribution in [1.29, 1.82) is 0 Å². The predicted molar refractivity (Wildman–Crippen MR) is 129 cm³/mol. The number of nitrogens with one attached hydrogen (secondary N) is 1. The molecule has 0 spiro atoms. The van der Waals surface area contributed by atoms with Crippen LogP contribution in [0.5, 0.6) is 11.5 Å². The molecule has 7 nitrogen and oxygen atoms in total. The van der Waals surface area contributed by atoms with E-state index in [4.69, 9.17) is 9.47 Å². The maximum atomic E-state index is 13.5. The number of benzene rings is 2. The van der Waals surface area contributed by atoms with Gasteiger partial charge in [0.2, 0.25) is 0 Å². The van der Waals surface area contributed by atoms with Gasteiger partial charge >= 0.3 is 0 Å². The molecule has 1 amide bonds. The van der Waals surface area contributed by atoms with Gasteiger partial charge in [-0.15, -0.1) is 0 Å². The molecule has 1 aromatic heterocycles. The molecule has 34 heavy (non-hydrogen) atoms. The highest BCUT2D eigenvalue weighted by atomic mass is 16.5. The number of ether oxygens (including phenoxy) is 2. The monoisotopic (exact) mass is 461 g/mol. The van der Waals surface area contributed by atoms with Crippen molar-refractivity contribution in [2.75, 3.05) is 19.8 Å². The third-order valence-electron chi connectivity index (χ3n) is 6.64. The number of hydrogen-bond donors (Lipinski definition) is 2. The smallest absolute Gasteiger partial charge is 0.273 e. The van der Waals surface area contributed by atoms with Gasteiger partial charge in [0.05, 0.1) is 18.8 Å². The van der Waals surface area contributed by atoms with Gasteiger partial charge in [0, 0.05) is 24.3 Å². The fourth-order valence-electron chi connectivity index (χ4n) is 4.93. The van der Waals surface area contributed by atoms with E-state index in [-0.39, 0.29) is 23.8 Å². The Balaban J connectivity index is 1.54. The number of hydrogen-bond acceptors (Lipinski definition) is 5. The van der Waals surface area contributed by atoms with Gasteiger partial charge in [0.15, 0.2) is 0 Å². The fraction of sp³-hybridized carbons (Fsp3) is 0.407. The van der Waals surface area contributed by atoms with Crippen LogP contribution >= 0.6 is 0 Å². The number of phenolic OH excluding ortho intramolecular Hbond substituents is 1. The molecule has 3 aromatic rings. The summed E-state index contributed by atoms with van der Waals surface area (Å²) >= 11 is 0. The molecule has 0 saturated carbocycles. The van der Waals surface area contributed by atoms with Crippen LogP contribution in [0.1, 0.15) is 66.7 Å². The summed E-state index contributed by atoms with van der Waals surface area (Å²) in [4.78, 5) is 15.4. The first kappa shape index (κ1) is 22.5. The number of aromatic hydroxyl groups is 1. The number of H-pyrrole nitrogens is 1. The van der Waals surface area contributed by atoms with Crippen LogP contribution in [-0.2, 0) is 4.74 Å². The Morgan fingerprint density at radius 3 is 2.88 bits per heavy atom. The van der Waals surface area contributed by atoms with E-state index >= 15 is 0 Å². The normalized spacial score (nSPS) is 19.6. The molecule has 1 fully saturated rings. The van der Waals surface area contributed by atoms with Crippen LogP contribution in [0.15, 0.2) is 48.5 Å². The number of nitrogens with zero attached hydrogens (tertiary/aromatic N) is 2. The molecule has 0 aliphatic carbocycles. The largest absolute Gasteiger partial charge is 0.507 e. The van der Waals surface area contributed by atoms with Crippen LogP contribution in [0.4, 0.5) is 0 Å². The predicted octanol–water partition coefficient (Wildman–Crippen LogP) is 5.08. The van der Waals surface area contributed by atoms with Crippen LogP contribution in [0.3, 0.4) is 0 Å². The molecule has 0 bridgehead atoms. The summed E-state index contributed by atoms with van der Waals surface area (Å²) in [6, 6.07) is 14.7. The number of rotatable bonds is 9. The Labute approximate surface area is 199 Å². The molecule has 1 saturated heterocycles. The molecule has 178 valence electrons. The SMILES string of the molecule is CCCCCOc1cccc([C@H]2c3c(-c4ccccc4O)n[nH]c3C(=O)N2C[C@H]2CCCO2)c1. The van der Waals surface area contributed by atoms with E-state index in [1.165, 1.54) is 0 Å². The van der Waals surface area contributed by atoms with Crippen molar-refractivity contribution in [3.8, 4) is 22.8 Å². The lowest BCUT2D eigenvalue weighted by atomic mass is 9.95. The second-order valence-electron chi connectivity index (χ2n) is 9.00. The standard InChI is InChI=1S/C27H31N3O4/c1-2-3-6-14-33-19-10-7-9-18(16-19)26-23-24(21-12-4-5-13-22(21)31)28-29-25(23)27(32)30(26)17-20-11-8-15-34-20/h4-5,7,9-10,12-13,16,20,26,31H,2-3,6,8,11,14-15,17H2,1H3,(H,28,29)/t20-,26+/m1/s1. The Morgan fingerprint density at radius 1 is 1.21 bits per heavy atom. The minimum Gasteiger partial charge on any atom is -0.507 e. The molecule has 0 unspecified atom stereocenters. The third kappa shape index (κ3) is 4.28. The number of unbranched alkanes of at least 4 members (excludes halogenated alkanes) is 2. The zero-order chi connectivity index (χ0) is 23.5. The third-order valence-corrected chi connectivity index (χ3v) is 6.64. The molecule has 2 aliphatic heterocycles. The van der Waals surface area contributed by atoms with Gasteiger partial charge in [-0.3, -0.25) is 9.89 Å². The molecule has 7 heteroatoms. The van der Waals surface area contributed by atoms with Crippen LogP contribution in [-0.4, -0.2) is 52.0 Å². The van der Waals surface area contributed by atoms with Gasteiger partial charge in [-0.05, 0) is 49.1 Å². The summed E-state index contributed by atoms with van der Waals surface area (Å²) in [6.07, 6.45) is 5.25. The van der Waals surface area contributed by atoms with Gasteiger partial charge in [-0.25, -0.2) is 0 Å². The Morgan fingerprint density at radius 2 is 2.09 bits per heavy atom. The van der Waals surface area contributed by atoms with E-state index in [2.05, 4.69) is 17.1 Å². The average molecular weight is 462 g/mol. The molecule has 2 N–H and O–H groups in total. The fourth-order valence-corrected chi connectivity index (χ4v) is 4.93. The molecular weight excluding hydrogens is 430 g/mol. The van der Waals surface area contributed by atoms with Crippen molar-refractivity contribution < 1.29 is 19.4 Å². The Kier molecular flexibility index (Phi) is 6.54. The van der Waals surface area contributed by atoms with Crippen molar-refractivity contribution in [2.45, 2.75) is 51.2 Å². The average Bonchev–Trinajstić information content (AvgIpc) is 3.57. The summed E-state index contributed by atoms with van der Waals surface area (Å²) in [6.45, 7) is 4.08. The van der Waals surface area contributed by atoms with Crippen molar-refractivity contribution >= 4 is 5.91 Å². The van der Waals surface area contributed by atoms with Crippen LogP contribution in [0, 0.1) is 0 Å². The van der Waals surface area contributed by atoms with Gasteiger partial charge in [0.25, 0.3) is 5.91 Å². The number of aromatic nitrogens is 2. The van der Waals surface area contributed by atoms with Crippen molar-refractivity contribution in [3.63, 3.8) is 0 Å². The molecular formula is C27H31N3O4. The lowest BCUT2D eigenvalue weighted by molar-refractivity contribution is 0.0495. The number of carbonyl (C=O) groups excluding carboxylic acids is 1. The molecule has 2 atom stereocenters. The summed E-state index contributed by atoms with van der Waals surface area (Å²) in [5.74, 6) is 0.826. The summed E-state index contributed by atoms with van der Waals surface area (Å²) in [5.41, 5.74) is 3.40. The van der Waals surface area contributed by atoms with E-state index in [0.29, 0.717) is 30.1 Å². The maximum absolute atomic E-state index is 13.5. The Hall–Kier alpha value is -3.32. The minimum absolute atomic E-state index is 0.0190. The van der Waals surface area contributed by atoms with E-state index in [9.17, 15) is 9.90 Å². The number of carbonyl (C=O) groups is 1. The maximum Gasteiger partial charge on any atom is 0.273 e. The summed E-state index contributed by atoms with van der Waals surface area (Å²) < 4.78 is 11.9. The number of fused-ring (bicyclic) bond motifs is 1. The zero-order valence-corrected chi connectivity index (χ0v) is 19.5. The van der Waals surface area contributed by atoms with Crippen molar-refractivity contribution in [1.82, 2.24) is 15.1 Å². The second kappa shape index (κ2) is 9.89. The van der Waals surface area contributed by atoms with Gasteiger partial charge in [-0.2, -0.15) is 5.10 Å². The van der Waals surface area contributed by atoms with E-state index in [1.54, 1.807) is 12.1 Å². The Bertz CT molecular complexity index is 1150. The first-order valence-corrected chi connectivity index (χ1v) is 12.2. The molecule has 2 aliphatic rings. The summed E-state index contributed by atoms with van der Waals surface area (Å²) in [7, 11) is 0.